The van der Waals surface area contributed by atoms with Crippen molar-refractivity contribution in [3.8, 4) is 11.3 Å². The Balaban J connectivity index is 2.73. The van der Waals surface area contributed by atoms with Gasteiger partial charge in [0.2, 0.25) is 5.28 Å². The van der Waals surface area contributed by atoms with Crippen LogP contribution in [0.5, 0.6) is 0 Å². The summed E-state index contributed by atoms with van der Waals surface area (Å²) in [6.07, 6.45) is 0.949. The summed E-state index contributed by atoms with van der Waals surface area (Å²) in [6, 6.07) is 4.40. The Kier molecular flexibility index (Phi) is 3.53. The minimum atomic E-state index is -0.688. The summed E-state index contributed by atoms with van der Waals surface area (Å²) in [4.78, 5) is 17.4. The van der Waals surface area contributed by atoms with Crippen molar-refractivity contribution in [3.63, 3.8) is 0 Å². The Bertz CT molecular complexity index is 639. The zero-order chi connectivity index (χ0) is 13.3. The lowest BCUT2D eigenvalue weighted by Crippen LogP contribution is -1.98. The van der Waals surface area contributed by atoms with Gasteiger partial charge in [0.15, 0.2) is 5.69 Å². The van der Waals surface area contributed by atoms with Crippen molar-refractivity contribution in [1.82, 2.24) is 9.97 Å². The molecule has 0 saturated carbocycles. The first-order valence-corrected chi connectivity index (χ1v) is 5.79. The van der Waals surface area contributed by atoms with Gasteiger partial charge in [-0.1, -0.05) is 6.07 Å². The minimum Gasteiger partial charge on any atom is -0.258 e. The third-order valence-corrected chi connectivity index (χ3v) is 2.94. The number of hydrogen-bond acceptors (Lipinski definition) is 4. The number of nitrogens with zero attached hydrogens (tertiary/aromatic N) is 3. The molecule has 2 aromatic rings. The standard InChI is InChI=1S/C10H4BrClFN3O2/c11-6-3-1-2-5(8(6)13)9-7(16(17)18)4-14-10(12)15-9/h1-4H. The normalized spacial score (nSPS) is 10.4. The van der Waals surface area contributed by atoms with Crippen LogP contribution in [0.15, 0.2) is 28.9 Å². The molecule has 1 heterocycles. The van der Waals surface area contributed by atoms with Crippen LogP contribution < -0.4 is 0 Å². The van der Waals surface area contributed by atoms with Crippen molar-refractivity contribution < 1.29 is 9.31 Å². The fraction of sp³-hybridized carbons (Fsp3) is 0. The van der Waals surface area contributed by atoms with E-state index in [1.54, 1.807) is 6.07 Å². The predicted molar refractivity (Wildman–Crippen MR) is 66.8 cm³/mol. The Labute approximate surface area is 114 Å². The highest BCUT2D eigenvalue weighted by atomic mass is 79.9. The van der Waals surface area contributed by atoms with Crippen molar-refractivity contribution in [3.05, 3.63) is 50.1 Å². The molecular formula is C10H4BrClFN3O2. The van der Waals surface area contributed by atoms with Crippen LogP contribution in [-0.2, 0) is 0 Å². The van der Waals surface area contributed by atoms with Crippen LogP contribution in [0, 0.1) is 15.9 Å². The first-order chi connectivity index (χ1) is 8.50. The molecule has 8 heteroatoms. The zero-order valence-corrected chi connectivity index (χ0v) is 10.9. The molecule has 0 N–H and O–H groups in total. The Morgan fingerprint density at radius 1 is 1.44 bits per heavy atom. The van der Waals surface area contributed by atoms with Gasteiger partial charge in [-0.05, 0) is 39.7 Å². The van der Waals surface area contributed by atoms with Gasteiger partial charge in [-0.2, -0.15) is 0 Å². The highest BCUT2D eigenvalue weighted by Gasteiger charge is 2.22. The molecule has 92 valence electrons. The third-order valence-electron chi connectivity index (χ3n) is 2.14. The summed E-state index contributed by atoms with van der Waals surface area (Å²) in [5, 5.41) is 10.7. The van der Waals surface area contributed by atoms with Crippen LogP contribution in [0.1, 0.15) is 0 Å². The molecule has 0 bridgehead atoms. The summed E-state index contributed by atoms with van der Waals surface area (Å²) < 4.78 is 14.1. The third kappa shape index (κ3) is 2.32. The second kappa shape index (κ2) is 4.95. The van der Waals surface area contributed by atoms with E-state index in [-0.39, 0.29) is 21.0 Å². The molecule has 5 nitrogen and oxygen atoms in total. The smallest absolute Gasteiger partial charge is 0.258 e. The van der Waals surface area contributed by atoms with Crippen LogP contribution in [0.3, 0.4) is 0 Å². The van der Waals surface area contributed by atoms with Crippen molar-refractivity contribution in [2.75, 3.05) is 0 Å². The molecule has 0 unspecified atom stereocenters. The average Bonchev–Trinajstić information content (AvgIpc) is 2.32. The molecule has 0 aliphatic carbocycles. The van der Waals surface area contributed by atoms with E-state index in [9.17, 15) is 14.5 Å². The summed E-state index contributed by atoms with van der Waals surface area (Å²) in [7, 11) is 0. The number of benzene rings is 1. The quantitative estimate of drug-likeness (QED) is 0.478. The van der Waals surface area contributed by atoms with E-state index in [1.165, 1.54) is 12.1 Å². The van der Waals surface area contributed by atoms with E-state index >= 15 is 0 Å². The number of rotatable bonds is 2. The molecule has 0 fully saturated rings. The van der Waals surface area contributed by atoms with E-state index in [4.69, 9.17) is 11.6 Å². The highest BCUT2D eigenvalue weighted by molar-refractivity contribution is 9.10. The summed E-state index contributed by atoms with van der Waals surface area (Å²) in [6.45, 7) is 0. The van der Waals surface area contributed by atoms with Gasteiger partial charge in [-0.3, -0.25) is 10.1 Å². The molecule has 0 atom stereocenters. The second-order valence-corrected chi connectivity index (χ2v) is 4.42. The topological polar surface area (TPSA) is 68.9 Å². The Morgan fingerprint density at radius 3 is 2.83 bits per heavy atom. The molecule has 0 spiro atoms. The van der Waals surface area contributed by atoms with Gasteiger partial charge >= 0.3 is 5.69 Å². The maximum Gasteiger partial charge on any atom is 0.313 e. The molecule has 2 rings (SSSR count). The molecular weight excluding hydrogens is 328 g/mol. The number of halogens is 3. The first-order valence-electron chi connectivity index (χ1n) is 4.62. The molecule has 0 amide bonds. The zero-order valence-electron chi connectivity index (χ0n) is 8.60. The molecule has 1 aromatic carbocycles. The van der Waals surface area contributed by atoms with Crippen molar-refractivity contribution in [1.29, 1.82) is 0 Å². The number of nitro groups is 1. The monoisotopic (exact) mass is 331 g/mol. The molecule has 1 aromatic heterocycles. The Morgan fingerprint density at radius 2 is 2.17 bits per heavy atom. The van der Waals surface area contributed by atoms with Crippen LogP contribution >= 0.6 is 27.5 Å². The minimum absolute atomic E-state index is 0.0135. The van der Waals surface area contributed by atoms with Gasteiger partial charge in [-0.25, -0.2) is 14.4 Å². The Hall–Kier alpha value is -1.60. The van der Waals surface area contributed by atoms with E-state index in [0.717, 1.165) is 6.20 Å². The summed E-state index contributed by atoms with van der Waals surface area (Å²) >= 11 is 8.59. The predicted octanol–water partition coefficient (Wildman–Crippen LogP) is 3.61. The lowest BCUT2D eigenvalue weighted by atomic mass is 10.1. The molecule has 18 heavy (non-hydrogen) atoms. The lowest BCUT2D eigenvalue weighted by molar-refractivity contribution is -0.384. The van der Waals surface area contributed by atoms with Gasteiger partial charge in [0.25, 0.3) is 0 Å². The first kappa shape index (κ1) is 12.8. The summed E-state index contributed by atoms with van der Waals surface area (Å²) in [5.41, 5.74) is -0.574. The maximum atomic E-state index is 13.9. The van der Waals surface area contributed by atoms with E-state index in [1.807, 2.05) is 0 Å². The van der Waals surface area contributed by atoms with Crippen LogP contribution in [0.25, 0.3) is 11.3 Å². The average molecular weight is 333 g/mol. The van der Waals surface area contributed by atoms with Gasteiger partial charge in [0.1, 0.15) is 12.0 Å². The summed E-state index contributed by atoms with van der Waals surface area (Å²) in [5.74, 6) is -0.643. The maximum absolute atomic E-state index is 13.9. The van der Waals surface area contributed by atoms with E-state index in [2.05, 4.69) is 25.9 Å². The fourth-order valence-corrected chi connectivity index (χ4v) is 1.87. The van der Waals surface area contributed by atoms with Crippen molar-refractivity contribution in [2.24, 2.45) is 0 Å². The molecule has 0 aliphatic rings. The van der Waals surface area contributed by atoms with Gasteiger partial charge in [0, 0.05) is 5.56 Å². The van der Waals surface area contributed by atoms with Crippen molar-refractivity contribution in [2.45, 2.75) is 0 Å². The van der Waals surface area contributed by atoms with Crippen LogP contribution in [-0.4, -0.2) is 14.9 Å². The molecule has 0 aliphatic heterocycles. The largest absolute Gasteiger partial charge is 0.313 e. The molecule has 0 radical (unpaired) electrons. The lowest BCUT2D eigenvalue weighted by Gasteiger charge is -2.04. The van der Waals surface area contributed by atoms with Gasteiger partial charge < -0.3 is 0 Å². The van der Waals surface area contributed by atoms with E-state index < -0.39 is 16.4 Å². The van der Waals surface area contributed by atoms with E-state index in [0.29, 0.717) is 0 Å². The highest BCUT2D eigenvalue weighted by Crippen LogP contribution is 2.32. The van der Waals surface area contributed by atoms with Crippen molar-refractivity contribution >= 4 is 33.2 Å². The van der Waals surface area contributed by atoms with Gasteiger partial charge in [-0.15, -0.1) is 0 Å². The van der Waals surface area contributed by atoms with Crippen LogP contribution in [0.2, 0.25) is 5.28 Å². The number of hydrogen-bond donors (Lipinski definition) is 0. The molecule has 0 saturated heterocycles. The SMILES string of the molecule is O=[N+]([O-])c1cnc(Cl)nc1-c1cccc(Br)c1F. The van der Waals surface area contributed by atoms with Crippen LogP contribution in [0.4, 0.5) is 10.1 Å². The fourth-order valence-electron chi connectivity index (χ4n) is 1.37. The second-order valence-electron chi connectivity index (χ2n) is 3.23. The van der Waals surface area contributed by atoms with Gasteiger partial charge in [0.05, 0.1) is 9.40 Å². The number of aromatic nitrogens is 2.